The van der Waals surface area contributed by atoms with Crippen LogP contribution >= 0.6 is 0 Å². The van der Waals surface area contributed by atoms with Crippen molar-refractivity contribution in [3.05, 3.63) is 24.6 Å². The second-order valence-electron chi connectivity index (χ2n) is 1.76. The number of hydrogen-bond donors (Lipinski definition) is 3. The molecule has 0 amide bonds. The molecular formula is C6H8N4. The first-order valence-electron chi connectivity index (χ1n) is 2.81. The maximum Gasteiger partial charge on any atom is 0.148 e. The normalized spacial score (nSPS) is 23.6. The summed E-state index contributed by atoms with van der Waals surface area (Å²) in [5.74, 6) is 0.483. The molecule has 10 heavy (non-hydrogen) atoms. The predicted molar refractivity (Wildman–Crippen MR) is 40.8 cm³/mol. The Bertz CT molecular complexity index is 224. The van der Waals surface area contributed by atoms with Crippen molar-refractivity contribution in [3.63, 3.8) is 0 Å². The summed E-state index contributed by atoms with van der Waals surface area (Å²) >= 11 is 0. The maximum atomic E-state index is 7.13. The van der Waals surface area contributed by atoms with Crippen LogP contribution in [0.2, 0.25) is 0 Å². The van der Waals surface area contributed by atoms with Crippen LogP contribution in [0.1, 0.15) is 0 Å². The molecule has 0 saturated heterocycles. The van der Waals surface area contributed by atoms with Gasteiger partial charge in [0.05, 0.1) is 0 Å². The molecule has 0 aromatic rings. The van der Waals surface area contributed by atoms with E-state index < -0.39 is 0 Å². The quantitative estimate of drug-likeness (QED) is 0.437. The van der Waals surface area contributed by atoms with Crippen molar-refractivity contribution < 1.29 is 0 Å². The summed E-state index contributed by atoms with van der Waals surface area (Å²) in [6, 6.07) is 0. The first-order chi connectivity index (χ1) is 4.79. The van der Waals surface area contributed by atoms with Crippen molar-refractivity contribution in [1.82, 2.24) is 5.32 Å². The van der Waals surface area contributed by atoms with Crippen LogP contribution in [0.3, 0.4) is 0 Å². The molecule has 0 saturated carbocycles. The molecule has 0 radical (unpaired) electrons. The van der Waals surface area contributed by atoms with Crippen molar-refractivity contribution in [3.8, 4) is 0 Å². The number of rotatable bonds is 0. The molecule has 4 N–H and O–H groups in total. The summed E-state index contributed by atoms with van der Waals surface area (Å²) in [5.41, 5.74) is 5.34. The van der Waals surface area contributed by atoms with Crippen LogP contribution in [0.4, 0.5) is 0 Å². The second-order valence-corrected chi connectivity index (χ2v) is 1.76. The Morgan fingerprint density at radius 1 is 1.40 bits per heavy atom. The lowest BCUT2D eigenvalue weighted by atomic mass is 10.4. The van der Waals surface area contributed by atoms with E-state index in [1.807, 2.05) is 0 Å². The third-order valence-electron chi connectivity index (χ3n) is 0.937. The molecular weight excluding hydrogens is 128 g/mol. The number of aliphatic imine (C=N–C) groups is 1. The molecule has 1 aliphatic heterocycles. The molecule has 4 heteroatoms. The van der Waals surface area contributed by atoms with E-state index >= 15 is 0 Å². The van der Waals surface area contributed by atoms with Crippen LogP contribution in [0.5, 0.6) is 0 Å². The van der Waals surface area contributed by atoms with Crippen LogP contribution in [-0.2, 0) is 0 Å². The van der Waals surface area contributed by atoms with Crippen molar-refractivity contribution >= 4 is 11.7 Å². The largest absolute Gasteiger partial charge is 0.384 e. The van der Waals surface area contributed by atoms with E-state index in [2.05, 4.69) is 10.3 Å². The molecule has 0 aromatic heterocycles. The SMILES string of the molecule is N=C1/C=C\N/C=C\C(N)=N1. The monoisotopic (exact) mass is 136 g/mol. The lowest BCUT2D eigenvalue weighted by Crippen LogP contribution is -2.13. The van der Waals surface area contributed by atoms with Crippen molar-refractivity contribution in [1.29, 1.82) is 5.41 Å². The predicted octanol–water partition coefficient (Wildman–Crippen LogP) is -0.0485. The van der Waals surface area contributed by atoms with Gasteiger partial charge in [-0.3, -0.25) is 5.41 Å². The Labute approximate surface area is 58.6 Å². The van der Waals surface area contributed by atoms with E-state index in [4.69, 9.17) is 11.1 Å². The zero-order valence-corrected chi connectivity index (χ0v) is 5.33. The number of nitrogens with one attached hydrogen (secondary N) is 2. The summed E-state index contributed by atoms with van der Waals surface area (Å²) in [6.07, 6.45) is 6.39. The number of amidine groups is 2. The van der Waals surface area contributed by atoms with Gasteiger partial charge in [-0.1, -0.05) is 0 Å². The van der Waals surface area contributed by atoms with E-state index in [9.17, 15) is 0 Å². The van der Waals surface area contributed by atoms with Crippen LogP contribution in [0, 0.1) is 5.41 Å². The zero-order valence-electron chi connectivity index (χ0n) is 5.33. The molecule has 4 nitrogen and oxygen atoms in total. The molecule has 1 heterocycles. The third kappa shape index (κ3) is 1.74. The standard InChI is InChI=1S/C6H8N4/c7-5-1-3-9-4-2-6(8)10-5/h1-4,9H,(H3,7,8,10)/b3-1-,4-2-. The van der Waals surface area contributed by atoms with Gasteiger partial charge >= 0.3 is 0 Å². The minimum atomic E-state index is 0.148. The highest BCUT2D eigenvalue weighted by atomic mass is 14.9. The fourth-order valence-corrected chi connectivity index (χ4v) is 0.530. The molecule has 0 bridgehead atoms. The van der Waals surface area contributed by atoms with Gasteiger partial charge < -0.3 is 11.1 Å². The van der Waals surface area contributed by atoms with Crippen LogP contribution in [0.25, 0.3) is 0 Å². The summed E-state index contributed by atoms with van der Waals surface area (Å²) < 4.78 is 0. The Morgan fingerprint density at radius 3 is 2.90 bits per heavy atom. The average molecular weight is 136 g/mol. The topological polar surface area (TPSA) is 74.3 Å². The third-order valence-corrected chi connectivity index (χ3v) is 0.937. The number of nitrogens with zero attached hydrogens (tertiary/aromatic N) is 1. The molecule has 0 aliphatic carbocycles. The lowest BCUT2D eigenvalue weighted by Gasteiger charge is -1.96. The molecule has 0 aromatic carbocycles. The molecule has 0 unspecified atom stereocenters. The fraction of sp³-hybridized carbons (Fsp3) is 0. The Balaban J connectivity index is 2.85. The fourth-order valence-electron chi connectivity index (χ4n) is 0.530. The minimum Gasteiger partial charge on any atom is -0.384 e. The second kappa shape index (κ2) is 2.82. The van der Waals surface area contributed by atoms with Gasteiger partial charge in [0.2, 0.25) is 0 Å². The van der Waals surface area contributed by atoms with E-state index in [1.165, 1.54) is 6.08 Å². The van der Waals surface area contributed by atoms with Gasteiger partial charge in [-0.2, -0.15) is 0 Å². The Kier molecular flexibility index (Phi) is 1.84. The molecule has 0 fully saturated rings. The van der Waals surface area contributed by atoms with Gasteiger partial charge in [0.15, 0.2) is 0 Å². The highest BCUT2D eigenvalue weighted by Crippen LogP contribution is 1.84. The first kappa shape index (κ1) is 6.54. The van der Waals surface area contributed by atoms with E-state index in [0.717, 1.165) is 0 Å². The molecule has 52 valence electrons. The Hall–Kier alpha value is -1.58. The summed E-state index contributed by atoms with van der Waals surface area (Å²) in [6.45, 7) is 0. The van der Waals surface area contributed by atoms with E-state index in [0.29, 0.717) is 5.84 Å². The van der Waals surface area contributed by atoms with Gasteiger partial charge in [0.1, 0.15) is 11.7 Å². The maximum absolute atomic E-state index is 7.13. The highest BCUT2D eigenvalue weighted by Gasteiger charge is 1.89. The average Bonchev–Trinajstić information content (AvgIpc) is 1.83. The smallest absolute Gasteiger partial charge is 0.148 e. The highest BCUT2D eigenvalue weighted by molar-refractivity contribution is 6.04. The zero-order chi connectivity index (χ0) is 7.40. The van der Waals surface area contributed by atoms with Crippen LogP contribution in [-0.4, -0.2) is 11.7 Å². The molecule has 1 aliphatic rings. The van der Waals surface area contributed by atoms with Gasteiger partial charge in [0, 0.05) is 12.4 Å². The van der Waals surface area contributed by atoms with Crippen molar-refractivity contribution in [2.75, 3.05) is 0 Å². The number of nitrogens with two attached hydrogens (primary N) is 1. The van der Waals surface area contributed by atoms with Gasteiger partial charge in [0.25, 0.3) is 0 Å². The van der Waals surface area contributed by atoms with Gasteiger partial charge in [-0.05, 0) is 12.2 Å². The van der Waals surface area contributed by atoms with Crippen molar-refractivity contribution in [2.45, 2.75) is 0 Å². The first-order valence-corrected chi connectivity index (χ1v) is 2.81. The van der Waals surface area contributed by atoms with E-state index in [-0.39, 0.29) is 5.84 Å². The molecule has 0 atom stereocenters. The van der Waals surface area contributed by atoms with Crippen LogP contribution in [0.15, 0.2) is 29.5 Å². The number of hydrogen-bond acceptors (Lipinski definition) is 3. The summed E-state index contributed by atoms with van der Waals surface area (Å²) in [7, 11) is 0. The summed E-state index contributed by atoms with van der Waals surface area (Å²) in [4.78, 5) is 3.70. The van der Waals surface area contributed by atoms with Crippen molar-refractivity contribution in [2.24, 2.45) is 10.7 Å². The van der Waals surface area contributed by atoms with Gasteiger partial charge in [-0.15, -0.1) is 0 Å². The summed E-state index contributed by atoms with van der Waals surface area (Å²) in [5, 5.41) is 9.91. The van der Waals surface area contributed by atoms with E-state index in [1.54, 1.807) is 18.5 Å². The lowest BCUT2D eigenvalue weighted by molar-refractivity contribution is 1.19. The Morgan fingerprint density at radius 2 is 2.10 bits per heavy atom. The van der Waals surface area contributed by atoms with Gasteiger partial charge in [-0.25, -0.2) is 4.99 Å². The minimum absolute atomic E-state index is 0.148. The molecule has 0 spiro atoms. The molecule has 1 rings (SSSR count). The van der Waals surface area contributed by atoms with Crippen LogP contribution < -0.4 is 11.1 Å².